The Balaban J connectivity index is 1.57. The first kappa shape index (κ1) is 21.5. The molecular formula is C25H18ClFN2O3. The Kier molecular flexibility index (Phi) is 6.14. The van der Waals surface area contributed by atoms with Crippen molar-refractivity contribution in [3.05, 3.63) is 101 Å². The summed E-state index contributed by atoms with van der Waals surface area (Å²) >= 11 is 5.86. The first-order valence-corrected chi connectivity index (χ1v) is 10.2. The molecule has 0 spiro atoms. The fourth-order valence-electron chi connectivity index (χ4n) is 3.45. The van der Waals surface area contributed by atoms with Crippen molar-refractivity contribution in [1.29, 1.82) is 0 Å². The van der Waals surface area contributed by atoms with Crippen molar-refractivity contribution in [3.63, 3.8) is 0 Å². The third-order valence-electron chi connectivity index (χ3n) is 5.11. The molecule has 0 saturated carbocycles. The highest BCUT2D eigenvalue weighted by Gasteiger charge is 2.20. The molecule has 1 heterocycles. The smallest absolute Gasteiger partial charge is 0.305 e. The third-order valence-corrected chi connectivity index (χ3v) is 5.40. The Morgan fingerprint density at radius 1 is 0.969 bits per heavy atom. The van der Waals surface area contributed by atoms with E-state index in [1.165, 1.54) is 12.1 Å². The molecule has 0 aliphatic heterocycles. The number of fused-ring (bicyclic) bond motifs is 1. The maximum atomic E-state index is 13.4. The Hall–Kier alpha value is -3.77. The van der Waals surface area contributed by atoms with Crippen LogP contribution in [-0.4, -0.2) is 22.0 Å². The van der Waals surface area contributed by atoms with E-state index >= 15 is 0 Å². The molecule has 0 fully saturated rings. The van der Waals surface area contributed by atoms with E-state index in [2.05, 4.69) is 10.3 Å². The molecule has 1 atom stereocenters. The lowest BCUT2D eigenvalue weighted by Gasteiger charge is -2.18. The molecule has 7 heteroatoms. The standard InChI is InChI=1S/C25H18ClFN2O3/c26-20-11-18(9-10-21(20)27)15-5-7-16(8-6-15)22(13-24(30)31)29-25(32)23-12-17-3-1-2-4-19(17)14-28-23/h1-12,14,22H,13H2,(H,29,32)(H,30,31). The number of pyridine rings is 1. The van der Waals surface area contributed by atoms with E-state index in [1.807, 2.05) is 24.3 Å². The normalized spacial score (nSPS) is 11.8. The molecule has 5 nitrogen and oxygen atoms in total. The van der Waals surface area contributed by atoms with Gasteiger partial charge in [-0.25, -0.2) is 4.39 Å². The molecule has 1 unspecified atom stereocenters. The van der Waals surface area contributed by atoms with Crippen LogP contribution in [0.5, 0.6) is 0 Å². The number of carboxylic acids is 1. The highest BCUT2D eigenvalue weighted by molar-refractivity contribution is 6.31. The summed E-state index contributed by atoms with van der Waals surface area (Å²) in [5, 5.41) is 13.9. The lowest BCUT2D eigenvalue weighted by atomic mass is 9.99. The van der Waals surface area contributed by atoms with Crippen molar-refractivity contribution in [1.82, 2.24) is 10.3 Å². The summed E-state index contributed by atoms with van der Waals surface area (Å²) in [7, 11) is 0. The number of carboxylic acid groups (broad SMARTS) is 1. The number of rotatable bonds is 6. The molecule has 0 aliphatic carbocycles. The molecule has 0 saturated heterocycles. The summed E-state index contributed by atoms with van der Waals surface area (Å²) < 4.78 is 13.4. The molecule has 0 radical (unpaired) electrons. The highest BCUT2D eigenvalue weighted by atomic mass is 35.5. The quantitative estimate of drug-likeness (QED) is 0.400. The van der Waals surface area contributed by atoms with Crippen LogP contribution in [0.15, 0.2) is 79.0 Å². The van der Waals surface area contributed by atoms with Crippen LogP contribution >= 0.6 is 11.6 Å². The maximum Gasteiger partial charge on any atom is 0.305 e. The number of carbonyl (C=O) groups excluding carboxylic acids is 1. The molecule has 0 aliphatic rings. The predicted molar refractivity (Wildman–Crippen MR) is 121 cm³/mol. The number of aliphatic carboxylic acids is 1. The van der Waals surface area contributed by atoms with E-state index in [-0.39, 0.29) is 17.1 Å². The first-order valence-electron chi connectivity index (χ1n) is 9.83. The van der Waals surface area contributed by atoms with Gasteiger partial charge in [0.05, 0.1) is 17.5 Å². The summed E-state index contributed by atoms with van der Waals surface area (Å²) in [5.74, 6) is -2.01. The van der Waals surface area contributed by atoms with Gasteiger partial charge in [0.15, 0.2) is 0 Å². The molecule has 4 aromatic rings. The molecule has 2 N–H and O–H groups in total. The third kappa shape index (κ3) is 4.76. The number of nitrogens with one attached hydrogen (secondary N) is 1. The SMILES string of the molecule is O=C(O)CC(NC(=O)c1cc2ccccc2cn1)c1ccc(-c2ccc(F)c(Cl)c2)cc1. The van der Waals surface area contributed by atoms with Crippen molar-refractivity contribution in [2.45, 2.75) is 12.5 Å². The number of hydrogen-bond donors (Lipinski definition) is 2. The van der Waals surface area contributed by atoms with E-state index in [0.29, 0.717) is 5.56 Å². The van der Waals surface area contributed by atoms with Crippen molar-refractivity contribution in [3.8, 4) is 11.1 Å². The lowest BCUT2D eigenvalue weighted by Crippen LogP contribution is -2.30. The number of aromatic nitrogens is 1. The number of nitrogens with zero attached hydrogens (tertiary/aromatic N) is 1. The van der Waals surface area contributed by atoms with Gasteiger partial charge in [-0.3, -0.25) is 14.6 Å². The van der Waals surface area contributed by atoms with Gasteiger partial charge in [-0.05, 0) is 40.3 Å². The highest BCUT2D eigenvalue weighted by Crippen LogP contribution is 2.27. The number of carbonyl (C=O) groups is 2. The average molecular weight is 449 g/mol. The molecule has 160 valence electrons. The Morgan fingerprint density at radius 2 is 1.66 bits per heavy atom. The Labute approximate surface area is 188 Å². The molecule has 3 aromatic carbocycles. The van der Waals surface area contributed by atoms with Gasteiger partial charge in [0.25, 0.3) is 5.91 Å². The minimum atomic E-state index is -1.05. The van der Waals surface area contributed by atoms with Crippen LogP contribution in [0.2, 0.25) is 5.02 Å². The summed E-state index contributed by atoms with van der Waals surface area (Å²) in [4.78, 5) is 28.4. The van der Waals surface area contributed by atoms with Gasteiger partial charge < -0.3 is 10.4 Å². The van der Waals surface area contributed by atoms with E-state index in [4.69, 9.17) is 11.6 Å². The topological polar surface area (TPSA) is 79.3 Å². The zero-order valence-corrected chi connectivity index (χ0v) is 17.5. The monoisotopic (exact) mass is 448 g/mol. The van der Waals surface area contributed by atoms with Gasteiger partial charge in [0.1, 0.15) is 11.5 Å². The second kappa shape index (κ2) is 9.16. The summed E-state index contributed by atoms with van der Waals surface area (Å²) in [6.07, 6.45) is 1.32. The number of amides is 1. The van der Waals surface area contributed by atoms with Crippen LogP contribution in [0, 0.1) is 5.82 Å². The van der Waals surface area contributed by atoms with Crippen LogP contribution in [0.1, 0.15) is 28.5 Å². The van der Waals surface area contributed by atoms with Crippen molar-refractivity contribution in [2.75, 3.05) is 0 Å². The maximum absolute atomic E-state index is 13.4. The van der Waals surface area contributed by atoms with E-state index in [1.54, 1.807) is 42.6 Å². The van der Waals surface area contributed by atoms with Gasteiger partial charge >= 0.3 is 5.97 Å². The summed E-state index contributed by atoms with van der Waals surface area (Å²) in [6, 6.07) is 19.9. The summed E-state index contributed by atoms with van der Waals surface area (Å²) in [5.41, 5.74) is 2.34. The van der Waals surface area contributed by atoms with Gasteiger partial charge in [0, 0.05) is 11.6 Å². The van der Waals surface area contributed by atoms with Gasteiger partial charge in [-0.15, -0.1) is 0 Å². The second-order valence-corrected chi connectivity index (χ2v) is 7.70. The second-order valence-electron chi connectivity index (χ2n) is 7.29. The Morgan fingerprint density at radius 3 is 2.34 bits per heavy atom. The molecule has 1 amide bonds. The summed E-state index contributed by atoms with van der Waals surface area (Å²) in [6.45, 7) is 0. The van der Waals surface area contributed by atoms with E-state index in [0.717, 1.165) is 21.9 Å². The molecule has 32 heavy (non-hydrogen) atoms. The van der Waals surface area contributed by atoms with Crippen LogP contribution in [0.3, 0.4) is 0 Å². The Bertz CT molecular complexity index is 1310. The number of halogens is 2. The van der Waals surface area contributed by atoms with E-state index in [9.17, 15) is 19.1 Å². The fraction of sp³-hybridized carbons (Fsp3) is 0.0800. The van der Waals surface area contributed by atoms with E-state index < -0.39 is 23.7 Å². The molecule has 4 rings (SSSR count). The van der Waals surface area contributed by atoms with Gasteiger partial charge in [0.2, 0.25) is 0 Å². The van der Waals surface area contributed by atoms with Crippen LogP contribution in [-0.2, 0) is 4.79 Å². The first-order chi connectivity index (χ1) is 15.4. The average Bonchev–Trinajstić information content (AvgIpc) is 2.80. The van der Waals surface area contributed by atoms with Gasteiger partial charge in [-0.2, -0.15) is 0 Å². The zero-order valence-electron chi connectivity index (χ0n) is 16.8. The fourth-order valence-corrected chi connectivity index (χ4v) is 3.63. The minimum absolute atomic E-state index is 0.0190. The number of hydrogen-bond acceptors (Lipinski definition) is 3. The molecule has 1 aromatic heterocycles. The van der Waals surface area contributed by atoms with Crippen LogP contribution in [0.4, 0.5) is 4.39 Å². The number of benzene rings is 3. The van der Waals surface area contributed by atoms with Crippen LogP contribution < -0.4 is 5.32 Å². The molecular weight excluding hydrogens is 431 g/mol. The minimum Gasteiger partial charge on any atom is -0.481 e. The molecule has 0 bridgehead atoms. The van der Waals surface area contributed by atoms with Crippen LogP contribution in [0.25, 0.3) is 21.9 Å². The largest absolute Gasteiger partial charge is 0.481 e. The van der Waals surface area contributed by atoms with Crippen molar-refractivity contribution < 1.29 is 19.1 Å². The zero-order chi connectivity index (χ0) is 22.7. The van der Waals surface area contributed by atoms with Crippen molar-refractivity contribution in [2.24, 2.45) is 0 Å². The lowest BCUT2D eigenvalue weighted by molar-refractivity contribution is -0.137. The predicted octanol–water partition coefficient (Wildman–Crippen LogP) is 5.64. The van der Waals surface area contributed by atoms with Crippen molar-refractivity contribution >= 4 is 34.2 Å². The van der Waals surface area contributed by atoms with Gasteiger partial charge in [-0.1, -0.05) is 66.2 Å².